The number of ether oxygens (including phenoxy) is 1. The summed E-state index contributed by atoms with van der Waals surface area (Å²) in [6.45, 7) is 0. The lowest BCUT2D eigenvalue weighted by Gasteiger charge is -2.09. The second-order valence-corrected chi connectivity index (χ2v) is 5.85. The maximum atomic E-state index is 13.7. The van der Waals surface area contributed by atoms with Crippen molar-refractivity contribution >= 4 is 23.1 Å². The molecule has 2 N–H and O–H groups in total. The average Bonchev–Trinajstić information content (AvgIpc) is 2.70. The first kappa shape index (κ1) is 19.2. The molecule has 0 radical (unpaired) electrons. The molecule has 0 saturated heterocycles. The molecule has 0 saturated carbocycles. The normalized spacial score (nSPS) is 10.4. The highest BCUT2D eigenvalue weighted by atomic mass is 19.2. The maximum Gasteiger partial charge on any atom is 0.229 e. The van der Waals surface area contributed by atoms with Crippen molar-refractivity contribution in [1.82, 2.24) is 4.98 Å². The molecule has 1 aromatic heterocycles. The van der Waals surface area contributed by atoms with Crippen LogP contribution in [-0.4, -0.2) is 18.0 Å². The largest absolute Gasteiger partial charge is 0.497 e. The van der Waals surface area contributed by atoms with E-state index >= 15 is 0 Å². The van der Waals surface area contributed by atoms with Crippen molar-refractivity contribution in [2.75, 3.05) is 17.7 Å². The van der Waals surface area contributed by atoms with Crippen LogP contribution in [0.3, 0.4) is 0 Å². The lowest BCUT2D eigenvalue weighted by molar-refractivity contribution is -0.115. The minimum atomic E-state index is -1.56. The van der Waals surface area contributed by atoms with Gasteiger partial charge in [-0.15, -0.1) is 0 Å². The summed E-state index contributed by atoms with van der Waals surface area (Å²) in [7, 11) is 1.56. The fourth-order valence-corrected chi connectivity index (χ4v) is 2.44. The number of hydrogen-bond donors (Lipinski definition) is 2. The van der Waals surface area contributed by atoms with E-state index in [0.717, 1.165) is 17.7 Å². The maximum absolute atomic E-state index is 13.7. The van der Waals surface area contributed by atoms with Crippen molar-refractivity contribution in [3.05, 3.63) is 77.7 Å². The van der Waals surface area contributed by atoms with Gasteiger partial charge in [-0.05, 0) is 42.0 Å². The Hall–Kier alpha value is -3.55. The first-order chi connectivity index (χ1) is 13.5. The van der Waals surface area contributed by atoms with Crippen LogP contribution < -0.4 is 15.4 Å². The Labute approximate surface area is 159 Å². The summed E-state index contributed by atoms with van der Waals surface area (Å²) in [5, 5.41) is 5.25. The zero-order valence-corrected chi connectivity index (χ0v) is 14.8. The Bertz CT molecular complexity index is 977. The van der Waals surface area contributed by atoms with Gasteiger partial charge >= 0.3 is 0 Å². The lowest BCUT2D eigenvalue weighted by atomic mass is 10.1. The SMILES string of the molecule is COc1ccc(CC(=O)Nc2ccc(Nc3ccc(F)c(F)c3F)cn2)cc1. The Morgan fingerprint density at radius 2 is 1.75 bits per heavy atom. The van der Waals surface area contributed by atoms with Crippen LogP contribution in [0.1, 0.15) is 5.56 Å². The fraction of sp³-hybridized carbons (Fsp3) is 0.100. The number of nitrogens with zero attached hydrogens (tertiary/aromatic N) is 1. The molecule has 0 aliphatic rings. The van der Waals surface area contributed by atoms with Gasteiger partial charge in [0.2, 0.25) is 5.91 Å². The summed E-state index contributed by atoms with van der Waals surface area (Å²) < 4.78 is 45.0. The number of benzene rings is 2. The third kappa shape index (κ3) is 4.59. The Morgan fingerprint density at radius 3 is 2.39 bits per heavy atom. The van der Waals surface area contributed by atoms with Crippen LogP contribution >= 0.6 is 0 Å². The molecule has 3 aromatic rings. The second-order valence-electron chi connectivity index (χ2n) is 5.85. The van der Waals surface area contributed by atoms with Gasteiger partial charge in [-0.3, -0.25) is 4.79 Å². The van der Waals surface area contributed by atoms with Gasteiger partial charge < -0.3 is 15.4 Å². The number of pyridine rings is 1. The lowest BCUT2D eigenvalue weighted by Crippen LogP contribution is -2.15. The van der Waals surface area contributed by atoms with E-state index in [9.17, 15) is 18.0 Å². The smallest absolute Gasteiger partial charge is 0.229 e. The molecule has 28 heavy (non-hydrogen) atoms. The van der Waals surface area contributed by atoms with Crippen LogP contribution in [0.2, 0.25) is 0 Å². The number of rotatable bonds is 6. The molecule has 2 aromatic carbocycles. The summed E-state index contributed by atoms with van der Waals surface area (Å²) in [6, 6.07) is 12.0. The van der Waals surface area contributed by atoms with E-state index in [1.54, 1.807) is 31.4 Å². The van der Waals surface area contributed by atoms with Crippen LogP contribution in [0, 0.1) is 17.5 Å². The zero-order valence-electron chi connectivity index (χ0n) is 14.8. The second kappa shape index (κ2) is 8.43. The van der Waals surface area contributed by atoms with Crippen LogP contribution in [0.4, 0.5) is 30.4 Å². The van der Waals surface area contributed by atoms with E-state index in [1.807, 2.05) is 0 Å². The summed E-state index contributed by atoms with van der Waals surface area (Å²) >= 11 is 0. The molecule has 144 valence electrons. The predicted molar refractivity (Wildman–Crippen MR) is 99.2 cm³/mol. The summed E-state index contributed by atoms with van der Waals surface area (Å²) in [5.74, 6) is -3.40. The number of aromatic nitrogens is 1. The quantitative estimate of drug-likeness (QED) is 0.614. The van der Waals surface area contributed by atoms with Crippen molar-refractivity contribution in [3.8, 4) is 5.75 Å². The van der Waals surface area contributed by atoms with E-state index in [4.69, 9.17) is 4.74 Å². The number of amides is 1. The van der Waals surface area contributed by atoms with Gasteiger partial charge in [0.1, 0.15) is 11.6 Å². The third-order valence-corrected chi connectivity index (χ3v) is 3.87. The molecule has 3 rings (SSSR count). The monoisotopic (exact) mass is 387 g/mol. The van der Waals surface area contributed by atoms with Crippen molar-refractivity contribution < 1.29 is 22.7 Å². The number of carbonyl (C=O) groups excluding carboxylic acids is 1. The number of methoxy groups -OCH3 is 1. The third-order valence-electron chi connectivity index (χ3n) is 3.87. The molecule has 0 aliphatic carbocycles. The minimum absolute atomic E-state index is 0.158. The van der Waals surface area contributed by atoms with Gasteiger partial charge in [-0.2, -0.15) is 0 Å². The van der Waals surface area contributed by atoms with E-state index in [0.29, 0.717) is 17.3 Å². The van der Waals surface area contributed by atoms with Crippen molar-refractivity contribution in [3.63, 3.8) is 0 Å². The molecular weight excluding hydrogens is 371 g/mol. The highest BCUT2D eigenvalue weighted by molar-refractivity contribution is 5.91. The van der Waals surface area contributed by atoms with Gasteiger partial charge in [0, 0.05) is 0 Å². The number of anilines is 3. The van der Waals surface area contributed by atoms with Crippen LogP contribution in [0.25, 0.3) is 0 Å². The van der Waals surface area contributed by atoms with Crippen LogP contribution in [0.5, 0.6) is 5.75 Å². The highest BCUT2D eigenvalue weighted by Gasteiger charge is 2.13. The Balaban J connectivity index is 1.61. The Morgan fingerprint density at radius 1 is 1.00 bits per heavy atom. The average molecular weight is 387 g/mol. The standard InChI is InChI=1S/C20H16F3N3O2/c1-28-14-5-2-12(3-6-14)10-18(27)26-17-9-4-13(11-24-17)25-16-8-7-15(21)19(22)20(16)23/h2-9,11,25H,10H2,1H3,(H,24,26,27). The molecule has 0 fully saturated rings. The molecule has 0 spiro atoms. The van der Waals surface area contributed by atoms with E-state index in [2.05, 4.69) is 15.6 Å². The first-order valence-corrected chi connectivity index (χ1v) is 8.25. The predicted octanol–water partition coefficient (Wildman–Crippen LogP) is 4.43. The van der Waals surface area contributed by atoms with Crippen molar-refractivity contribution in [1.29, 1.82) is 0 Å². The highest BCUT2D eigenvalue weighted by Crippen LogP contribution is 2.23. The summed E-state index contributed by atoms with van der Waals surface area (Å²) in [4.78, 5) is 16.2. The van der Waals surface area contributed by atoms with E-state index in [1.165, 1.54) is 18.3 Å². The molecule has 0 unspecified atom stereocenters. The molecular formula is C20H16F3N3O2. The van der Waals surface area contributed by atoms with E-state index < -0.39 is 17.5 Å². The molecule has 8 heteroatoms. The first-order valence-electron chi connectivity index (χ1n) is 8.25. The number of carbonyl (C=O) groups is 1. The molecule has 1 heterocycles. The number of halogens is 3. The Kier molecular flexibility index (Phi) is 5.78. The van der Waals surface area contributed by atoms with Crippen molar-refractivity contribution in [2.24, 2.45) is 0 Å². The molecule has 0 atom stereocenters. The zero-order chi connectivity index (χ0) is 20.1. The number of hydrogen-bond acceptors (Lipinski definition) is 4. The van der Waals surface area contributed by atoms with Crippen LogP contribution in [0.15, 0.2) is 54.7 Å². The van der Waals surface area contributed by atoms with Gasteiger partial charge in [0.15, 0.2) is 17.5 Å². The molecule has 5 nitrogen and oxygen atoms in total. The van der Waals surface area contributed by atoms with Gasteiger partial charge in [-0.1, -0.05) is 12.1 Å². The van der Waals surface area contributed by atoms with Gasteiger partial charge in [0.25, 0.3) is 0 Å². The van der Waals surface area contributed by atoms with Crippen molar-refractivity contribution in [2.45, 2.75) is 6.42 Å². The number of nitrogens with one attached hydrogen (secondary N) is 2. The van der Waals surface area contributed by atoms with Gasteiger partial charge in [0.05, 0.1) is 31.1 Å². The fourth-order valence-electron chi connectivity index (χ4n) is 2.44. The van der Waals surface area contributed by atoms with Gasteiger partial charge in [-0.25, -0.2) is 18.2 Å². The topological polar surface area (TPSA) is 63.2 Å². The molecule has 1 amide bonds. The van der Waals surface area contributed by atoms with Crippen LogP contribution in [-0.2, 0) is 11.2 Å². The van der Waals surface area contributed by atoms with E-state index in [-0.39, 0.29) is 18.0 Å². The summed E-state index contributed by atoms with van der Waals surface area (Å²) in [5.41, 5.74) is 0.931. The summed E-state index contributed by atoms with van der Waals surface area (Å²) in [6.07, 6.45) is 1.50. The molecule has 0 bridgehead atoms. The minimum Gasteiger partial charge on any atom is -0.497 e. The molecule has 0 aliphatic heterocycles.